The number of halogens is 1. The second-order valence-electron chi connectivity index (χ2n) is 1.76. The van der Waals surface area contributed by atoms with Crippen molar-refractivity contribution in [3.8, 4) is 0 Å². The highest BCUT2D eigenvalue weighted by molar-refractivity contribution is 7.09. The zero-order valence-electron chi connectivity index (χ0n) is 7.15. The van der Waals surface area contributed by atoms with Crippen molar-refractivity contribution in [2.75, 3.05) is 7.05 Å². The Hall–Kier alpha value is -0.410. The Morgan fingerprint density at radius 3 is 2.55 bits per heavy atom. The van der Waals surface area contributed by atoms with Crippen LogP contribution in [0, 0.1) is 5.82 Å². The highest BCUT2D eigenvalue weighted by Crippen LogP contribution is 2.11. The van der Waals surface area contributed by atoms with Crippen LogP contribution >= 0.6 is 11.3 Å². The minimum atomic E-state index is -0.134. The maximum atomic E-state index is 12.2. The van der Waals surface area contributed by atoms with Gasteiger partial charge < -0.3 is 5.32 Å². The average molecular weight is 175 g/mol. The summed E-state index contributed by atoms with van der Waals surface area (Å²) in [5, 5.41) is 4.45. The van der Waals surface area contributed by atoms with E-state index in [4.69, 9.17) is 0 Å². The Balaban J connectivity index is 0.000000461. The fourth-order valence-corrected chi connectivity index (χ4v) is 1.36. The zero-order valence-corrected chi connectivity index (χ0v) is 7.96. The lowest BCUT2D eigenvalue weighted by atomic mass is 10.4. The van der Waals surface area contributed by atoms with Crippen molar-refractivity contribution >= 4 is 11.3 Å². The van der Waals surface area contributed by atoms with E-state index in [1.165, 1.54) is 16.7 Å². The Kier molecular flexibility index (Phi) is 6.07. The van der Waals surface area contributed by atoms with Gasteiger partial charge in [-0.15, -0.1) is 11.3 Å². The van der Waals surface area contributed by atoms with E-state index in [0.29, 0.717) is 0 Å². The van der Waals surface area contributed by atoms with Crippen LogP contribution in [-0.4, -0.2) is 7.05 Å². The molecule has 0 unspecified atom stereocenters. The number of hydrogen-bond acceptors (Lipinski definition) is 2. The van der Waals surface area contributed by atoms with Gasteiger partial charge >= 0.3 is 0 Å². The molecule has 0 saturated heterocycles. The van der Waals surface area contributed by atoms with Gasteiger partial charge in [-0.2, -0.15) is 0 Å². The first kappa shape index (κ1) is 10.6. The Morgan fingerprint density at radius 2 is 2.18 bits per heavy atom. The predicted molar refractivity (Wildman–Crippen MR) is 48.4 cm³/mol. The smallest absolute Gasteiger partial charge is 0.134 e. The van der Waals surface area contributed by atoms with Crippen LogP contribution in [-0.2, 0) is 6.54 Å². The molecule has 1 heterocycles. The van der Waals surface area contributed by atoms with E-state index >= 15 is 0 Å². The summed E-state index contributed by atoms with van der Waals surface area (Å²) in [6.07, 6.45) is 0. The number of thiophene rings is 1. The van der Waals surface area contributed by atoms with Gasteiger partial charge in [0.2, 0.25) is 0 Å². The quantitative estimate of drug-likeness (QED) is 0.728. The van der Waals surface area contributed by atoms with Gasteiger partial charge in [-0.25, -0.2) is 4.39 Å². The zero-order chi connectivity index (χ0) is 8.69. The van der Waals surface area contributed by atoms with Crippen molar-refractivity contribution in [3.05, 3.63) is 22.1 Å². The summed E-state index contributed by atoms with van der Waals surface area (Å²) in [6, 6.07) is 1.54. The standard InChI is InChI=1S/C6H8FNS.C2H6/c1-8-3-6-2-5(7)4-9-6;1-2/h2,4,8H,3H2,1H3;1-2H3. The minimum Gasteiger partial charge on any atom is -0.315 e. The Bertz CT molecular complexity index is 186. The summed E-state index contributed by atoms with van der Waals surface area (Å²) >= 11 is 1.44. The van der Waals surface area contributed by atoms with Gasteiger partial charge in [-0.1, -0.05) is 13.8 Å². The van der Waals surface area contributed by atoms with Gasteiger partial charge in [0, 0.05) is 16.8 Å². The summed E-state index contributed by atoms with van der Waals surface area (Å²) in [5.74, 6) is -0.134. The molecule has 0 aliphatic heterocycles. The van der Waals surface area contributed by atoms with Gasteiger partial charge in [0.05, 0.1) is 0 Å². The molecule has 0 amide bonds. The molecular formula is C8H14FNS. The number of rotatable bonds is 2. The number of hydrogen-bond donors (Lipinski definition) is 1. The lowest BCUT2D eigenvalue weighted by Gasteiger charge is -1.89. The van der Waals surface area contributed by atoms with Gasteiger partial charge in [-0.05, 0) is 13.1 Å². The lowest BCUT2D eigenvalue weighted by Crippen LogP contribution is -2.02. The third-order valence-electron chi connectivity index (χ3n) is 0.973. The van der Waals surface area contributed by atoms with Crippen LogP contribution in [0.3, 0.4) is 0 Å². The molecule has 1 rings (SSSR count). The SMILES string of the molecule is CC.CNCc1cc(F)cs1. The van der Waals surface area contributed by atoms with Gasteiger partial charge in [0.15, 0.2) is 0 Å². The van der Waals surface area contributed by atoms with Gasteiger partial charge in [0.25, 0.3) is 0 Å². The fourth-order valence-electron chi connectivity index (χ4n) is 0.621. The van der Waals surface area contributed by atoms with Crippen molar-refractivity contribution in [1.82, 2.24) is 5.32 Å². The molecule has 0 atom stereocenters. The molecule has 0 aromatic carbocycles. The highest BCUT2D eigenvalue weighted by atomic mass is 32.1. The number of nitrogens with one attached hydrogen (secondary N) is 1. The molecule has 0 aliphatic carbocycles. The third kappa shape index (κ3) is 4.11. The van der Waals surface area contributed by atoms with E-state index < -0.39 is 0 Å². The fraction of sp³-hybridized carbons (Fsp3) is 0.500. The van der Waals surface area contributed by atoms with Crippen LogP contribution in [0.4, 0.5) is 4.39 Å². The largest absolute Gasteiger partial charge is 0.315 e. The summed E-state index contributed by atoms with van der Waals surface area (Å²) in [6.45, 7) is 4.76. The van der Waals surface area contributed by atoms with Crippen LogP contribution in [0.2, 0.25) is 0 Å². The van der Waals surface area contributed by atoms with Crippen molar-refractivity contribution in [3.63, 3.8) is 0 Å². The maximum absolute atomic E-state index is 12.2. The van der Waals surface area contributed by atoms with Crippen molar-refractivity contribution in [1.29, 1.82) is 0 Å². The molecule has 0 fully saturated rings. The van der Waals surface area contributed by atoms with E-state index in [2.05, 4.69) is 5.32 Å². The molecule has 3 heteroatoms. The molecule has 0 spiro atoms. The summed E-state index contributed by atoms with van der Waals surface area (Å²) in [4.78, 5) is 1.04. The van der Waals surface area contributed by atoms with E-state index in [0.717, 1.165) is 11.4 Å². The molecule has 64 valence electrons. The topological polar surface area (TPSA) is 12.0 Å². The van der Waals surface area contributed by atoms with E-state index in [-0.39, 0.29) is 5.82 Å². The highest BCUT2D eigenvalue weighted by Gasteiger charge is 1.94. The molecule has 1 aromatic rings. The van der Waals surface area contributed by atoms with Crippen molar-refractivity contribution in [2.45, 2.75) is 20.4 Å². The van der Waals surface area contributed by atoms with E-state index in [9.17, 15) is 4.39 Å². The van der Waals surface area contributed by atoms with Crippen molar-refractivity contribution < 1.29 is 4.39 Å². The average Bonchev–Trinajstić information content (AvgIpc) is 2.41. The van der Waals surface area contributed by atoms with Crippen LogP contribution < -0.4 is 5.32 Å². The lowest BCUT2D eigenvalue weighted by molar-refractivity contribution is 0.631. The minimum absolute atomic E-state index is 0.134. The molecule has 1 aromatic heterocycles. The molecule has 11 heavy (non-hydrogen) atoms. The summed E-state index contributed by atoms with van der Waals surface area (Å²) < 4.78 is 12.2. The van der Waals surface area contributed by atoms with E-state index in [1.807, 2.05) is 20.9 Å². The Morgan fingerprint density at radius 1 is 1.55 bits per heavy atom. The molecular weight excluding hydrogens is 161 g/mol. The third-order valence-corrected chi connectivity index (χ3v) is 1.88. The second-order valence-corrected chi connectivity index (χ2v) is 2.76. The van der Waals surface area contributed by atoms with Crippen LogP contribution in [0.5, 0.6) is 0 Å². The van der Waals surface area contributed by atoms with Crippen LogP contribution in [0.25, 0.3) is 0 Å². The first-order valence-corrected chi connectivity index (χ1v) is 4.58. The molecule has 0 saturated carbocycles. The first-order chi connectivity index (χ1) is 5.33. The monoisotopic (exact) mass is 175 g/mol. The summed E-state index contributed by atoms with van der Waals surface area (Å²) in [7, 11) is 1.84. The van der Waals surface area contributed by atoms with Crippen LogP contribution in [0.1, 0.15) is 18.7 Å². The maximum Gasteiger partial charge on any atom is 0.134 e. The molecule has 0 aliphatic rings. The first-order valence-electron chi connectivity index (χ1n) is 3.70. The summed E-state index contributed by atoms with van der Waals surface area (Å²) in [5.41, 5.74) is 0. The van der Waals surface area contributed by atoms with Gasteiger partial charge in [0.1, 0.15) is 5.82 Å². The molecule has 1 nitrogen and oxygen atoms in total. The molecule has 0 radical (unpaired) electrons. The van der Waals surface area contributed by atoms with E-state index in [1.54, 1.807) is 6.07 Å². The van der Waals surface area contributed by atoms with Crippen LogP contribution in [0.15, 0.2) is 11.4 Å². The van der Waals surface area contributed by atoms with Gasteiger partial charge in [-0.3, -0.25) is 0 Å². The second kappa shape index (κ2) is 6.31. The normalized spacial score (nSPS) is 8.73. The Labute approximate surface area is 71.3 Å². The predicted octanol–water partition coefficient (Wildman–Crippen LogP) is 2.63. The molecule has 1 N–H and O–H groups in total. The molecule has 0 bridgehead atoms. The van der Waals surface area contributed by atoms with Crippen molar-refractivity contribution in [2.24, 2.45) is 0 Å².